The van der Waals surface area contributed by atoms with E-state index in [4.69, 9.17) is 10.4 Å². The van der Waals surface area contributed by atoms with Gasteiger partial charge in [-0.2, -0.15) is 5.26 Å². The Hall–Kier alpha value is -3.55. The highest BCUT2D eigenvalue weighted by Gasteiger charge is 2.23. The number of nitrogens with zero attached hydrogens (tertiary/aromatic N) is 5. The monoisotopic (exact) mass is 452 g/mol. The Balaban J connectivity index is 2.01. The number of carbonyl (C=O) groups is 1. The number of aromatic nitrogens is 3. The van der Waals surface area contributed by atoms with E-state index in [0.29, 0.717) is 24.5 Å². The molecular weight excluding hydrogens is 428 g/mol. The lowest BCUT2D eigenvalue weighted by Gasteiger charge is -2.17. The van der Waals surface area contributed by atoms with Crippen LogP contribution >= 0.6 is 0 Å². The van der Waals surface area contributed by atoms with Gasteiger partial charge in [0.1, 0.15) is 12.4 Å². The van der Waals surface area contributed by atoms with E-state index < -0.39 is 15.9 Å². The Morgan fingerprint density at radius 1 is 1.16 bits per heavy atom. The SMILES string of the molecule is CCCCN(CC#N)C(=O)c1nc(Cc2ccccc2)n(-c2ccc(S(N)(=O)=O)cc2)n1. The second kappa shape index (κ2) is 10.2. The molecule has 0 saturated carbocycles. The average Bonchev–Trinajstić information content (AvgIpc) is 3.20. The highest BCUT2D eigenvalue weighted by molar-refractivity contribution is 7.89. The van der Waals surface area contributed by atoms with Gasteiger partial charge in [-0.3, -0.25) is 4.79 Å². The zero-order valence-corrected chi connectivity index (χ0v) is 18.5. The van der Waals surface area contributed by atoms with Gasteiger partial charge in [-0.15, -0.1) is 5.10 Å². The van der Waals surface area contributed by atoms with Gasteiger partial charge < -0.3 is 4.90 Å². The number of nitrogens with two attached hydrogens (primary N) is 1. The Morgan fingerprint density at radius 3 is 2.44 bits per heavy atom. The highest BCUT2D eigenvalue weighted by atomic mass is 32.2. The van der Waals surface area contributed by atoms with Crippen LogP contribution in [0.4, 0.5) is 0 Å². The molecule has 32 heavy (non-hydrogen) atoms. The summed E-state index contributed by atoms with van der Waals surface area (Å²) in [6, 6.07) is 17.5. The molecule has 2 aromatic carbocycles. The molecule has 3 rings (SSSR count). The van der Waals surface area contributed by atoms with E-state index in [1.165, 1.54) is 21.7 Å². The summed E-state index contributed by atoms with van der Waals surface area (Å²) >= 11 is 0. The van der Waals surface area contributed by atoms with Gasteiger partial charge in [-0.05, 0) is 36.2 Å². The quantitative estimate of drug-likeness (QED) is 0.495. The molecule has 0 aliphatic rings. The predicted molar refractivity (Wildman–Crippen MR) is 118 cm³/mol. The molecular formula is C22H24N6O3S. The number of hydrogen-bond donors (Lipinski definition) is 1. The van der Waals surface area contributed by atoms with E-state index >= 15 is 0 Å². The van der Waals surface area contributed by atoms with Crippen molar-refractivity contribution < 1.29 is 13.2 Å². The van der Waals surface area contributed by atoms with Crippen molar-refractivity contribution in [2.24, 2.45) is 5.14 Å². The number of primary sulfonamides is 1. The van der Waals surface area contributed by atoms with Crippen molar-refractivity contribution in [1.29, 1.82) is 5.26 Å². The molecule has 10 heteroatoms. The van der Waals surface area contributed by atoms with Crippen LogP contribution in [0.15, 0.2) is 59.5 Å². The zero-order chi connectivity index (χ0) is 23.1. The first-order valence-corrected chi connectivity index (χ1v) is 11.7. The minimum absolute atomic E-state index is 0.0159. The fraction of sp³-hybridized carbons (Fsp3) is 0.273. The van der Waals surface area contributed by atoms with Crippen molar-refractivity contribution in [2.45, 2.75) is 31.1 Å². The summed E-state index contributed by atoms with van der Waals surface area (Å²) in [5.41, 5.74) is 1.51. The lowest BCUT2D eigenvalue weighted by atomic mass is 10.1. The molecule has 0 radical (unpaired) electrons. The van der Waals surface area contributed by atoms with Crippen molar-refractivity contribution in [3.63, 3.8) is 0 Å². The second-order valence-electron chi connectivity index (χ2n) is 7.20. The Bertz CT molecular complexity index is 1210. The largest absolute Gasteiger partial charge is 0.323 e. The number of carbonyl (C=O) groups excluding carboxylic acids is 1. The number of nitriles is 1. The van der Waals surface area contributed by atoms with Crippen LogP contribution in [0.2, 0.25) is 0 Å². The minimum atomic E-state index is -3.83. The summed E-state index contributed by atoms with van der Waals surface area (Å²) in [6.45, 7) is 2.39. The van der Waals surface area contributed by atoms with Gasteiger partial charge in [0.15, 0.2) is 0 Å². The van der Waals surface area contributed by atoms with Gasteiger partial charge in [-0.25, -0.2) is 23.2 Å². The Kier molecular flexibility index (Phi) is 7.35. The third kappa shape index (κ3) is 5.57. The Morgan fingerprint density at radius 2 is 1.84 bits per heavy atom. The van der Waals surface area contributed by atoms with E-state index in [2.05, 4.69) is 10.1 Å². The van der Waals surface area contributed by atoms with Crippen LogP contribution in [-0.2, 0) is 16.4 Å². The first-order chi connectivity index (χ1) is 15.3. The summed E-state index contributed by atoms with van der Waals surface area (Å²) in [4.78, 5) is 18.9. The number of amides is 1. The fourth-order valence-corrected chi connectivity index (χ4v) is 3.66. The van der Waals surface area contributed by atoms with Crippen LogP contribution in [-0.4, -0.2) is 47.1 Å². The number of rotatable bonds is 9. The van der Waals surface area contributed by atoms with Crippen molar-refractivity contribution in [1.82, 2.24) is 19.7 Å². The molecule has 0 aliphatic carbocycles. The van der Waals surface area contributed by atoms with Gasteiger partial charge in [0.25, 0.3) is 5.91 Å². The van der Waals surface area contributed by atoms with Gasteiger partial charge in [-0.1, -0.05) is 43.7 Å². The molecule has 166 valence electrons. The molecule has 2 N–H and O–H groups in total. The third-order valence-electron chi connectivity index (χ3n) is 4.81. The standard InChI is InChI=1S/C22H24N6O3S/c1-2-3-14-27(15-13-23)22(29)21-25-20(16-17-7-5-4-6-8-17)28(26-21)18-9-11-19(12-10-18)32(24,30)31/h4-12H,2-3,14-16H2,1H3,(H2,24,30,31). The van der Waals surface area contributed by atoms with Gasteiger partial charge in [0, 0.05) is 13.0 Å². The zero-order valence-electron chi connectivity index (χ0n) is 17.7. The first-order valence-electron chi connectivity index (χ1n) is 10.1. The van der Waals surface area contributed by atoms with Gasteiger partial charge in [0.2, 0.25) is 15.8 Å². The van der Waals surface area contributed by atoms with E-state index in [1.54, 1.807) is 12.1 Å². The van der Waals surface area contributed by atoms with Crippen molar-refractivity contribution in [3.8, 4) is 11.8 Å². The molecule has 1 heterocycles. The maximum absolute atomic E-state index is 13.0. The highest BCUT2D eigenvalue weighted by Crippen LogP contribution is 2.17. The van der Waals surface area contributed by atoms with E-state index in [0.717, 1.165) is 18.4 Å². The molecule has 0 bridgehead atoms. The summed E-state index contributed by atoms with van der Waals surface area (Å²) in [6.07, 6.45) is 2.05. The number of sulfonamides is 1. The van der Waals surface area contributed by atoms with E-state index in [9.17, 15) is 13.2 Å². The smallest absolute Gasteiger partial charge is 0.294 e. The summed E-state index contributed by atoms with van der Waals surface area (Å²) in [7, 11) is -3.83. The van der Waals surface area contributed by atoms with Crippen LogP contribution in [0.5, 0.6) is 0 Å². The second-order valence-corrected chi connectivity index (χ2v) is 8.76. The molecule has 1 amide bonds. The first kappa shape index (κ1) is 23.1. The third-order valence-corrected chi connectivity index (χ3v) is 5.74. The molecule has 0 atom stereocenters. The van der Waals surface area contributed by atoms with Crippen molar-refractivity contribution in [3.05, 3.63) is 71.8 Å². The number of hydrogen-bond acceptors (Lipinski definition) is 6. The van der Waals surface area contributed by atoms with Crippen LogP contribution in [0, 0.1) is 11.3 Å². The van der Waals surface area contributed by atoms with E-state index in [1.807, 2.05) is 43.3 Å². The summed E-state index contributed by atoms with van der Waals surface area (Å²) in [5, 5.41) is 18.7. The number of benzene rings is 2. The molecule has 3 aromatic rings. The van der Waals surface area contributed by atoms with Gasteiger partial charge >= 0.3 is 0 Å². The van der Waals surface area contributed by atoms with Crippen molar-refractivity contribution >= 4 is 15.9 Å². The van der Waals surface area contributed by atoms with Gasteiger partial charge in [0.05, 0.1) is 16.7 Å². The average molecular weight is 453 g/mol. The van der Waals surface area contributed by atoms with Crippen LogP contribution < -0.4 is 5.14 Å². The lowest BCUT2D eigenvalue weighted by molar-refractivity contribution is 0.0762. The van der Waals surface area contributed by atoms with Crippen LogP contribution in [0.25, 0.3) is 5.69 Å². The maximum atomic E-state index is 13.0. The molecule has 0 unspecified atom stereocenters. The number of unbranched alkanes of at least 4 members (excludes halogenated alkanes) is 1. The normalized spacial score (nSPS) is 11.2. The predicted octanol–water partition coefficient (Wildman–Crippen LogP) is 2.27. The topological polar surface area (TPSA) is 135 Å². The minimum Gasteiger partial charge on any atom is -0.323 e. The lowest BCUT2D eigenvalue weighted by Crippen LogP contribution is -2.33. The molecule has 1 aromatic heterocycles. The van der Waals surface area contributed by atoms with Crippen LogP contribution in [0.3, 0.4) is 0 Å². The van der Waals surface area contributed by atoms with E-state index in [-0.39, 0.29) is 17.3 Å². The molecule has 0 spiro atoms. The summed E-state index contributed by atoms with van der Waals surface area (Å²) < 4.78 is 24.7. The van der Waals surface area contributed by atoms with Crippen molar-refractivity contribution in [2.75, 3.05) is 13.1 Å². The van der Waals surface area contributed by atoms with Crippen LogP contribution in [0.1, 0.15) is 41.8 Å². The molecule has 9 nitrogen and oxygen atoms in total. The summed E-state index contributed by atoms with van der Waals surface area (Å²) in [5.74, 6) is 0.0716. The molecule has 0 saturated heterocycles. The fourth-order valence-electron chi connectivity index (χ4n) is 3.14. The molecule has 0 aliphatic heterocycles. The maximum Gasteiger partial charge on any atom is 0.294 e. The Labute approximate surface area is 187 Å². The molecule has 0 fully saturated rings.